The second-order valence-electron chi connectivity index (χ2n) is 5.24. The van der Waals surface area contributed by atoms with E-state index in [-0.39, 0.29) is 42.6 Å². The van der Waals surface area contributed by atoms with Gasteiger partial charge >= 0.3 is 0 Å². The molecule has 3 aromatic carbocycles. The van der Waals surface area contributed by atoms with E-state index in [1.165, 1.54) is 18.2 Å². The fourth-order valence-corrected chi connectivity index (χ4v) is 2.84. The molecule has 3 N–H and O–H groups in total. The van der Waals surface area contributed by atoms with Gasteiger partial charge in [0.25, 0.3) is 0 Å². The van der Waals surface area contributed by atoms with Crippen LogP contribution in [0.2, 0.25) is 0 Å². The first kappa shape index (κ1) is 27.4. The number of aryl methyl sites for hydroxylation is 1. The third kappa shape index (κ3) is 10.2. The van der Waals surface area contributed by atoms with Crippen molar-refractivity contribution in [2.24, 2.45) is 0 Å². The van der Waals surface area contributed by atoms with Gasteiger partial charge in [0.2, 0.25) is 0 Å². The largest absolute Gasteiger partial charge is 0.507 e. The predicted octanol–water partition coefficient (Wildman–Crippen LogP) is 5.26. The molecular formula is C21H23O6P3. The topological polar surface area (TPSA) is 112 Å². The van der Waals surface area contributed by atoms with E-state index in [1.807, 2.05) is 20.8 Å². The Balaban J connectivity index is 0.000000404. The van der Waals surface area contributed by atoms with Crippen molar-refractivity contribution >= 4 is 41.3 Å². The van der Waals surface area contributed by atoms with E-state index in [4.69, 9.17) is 15.3 Å². The van der Waals surface area contributed by atoms with Crippen LogP contribution in [0.5, 0.6) is 17.2 Å². The van der Waals surface area contributed by atoms with Gasteiger partial charge in [0, 0.05) is 0 Å². The Morgan fingerprint density at radius 1 is 0.567 bits per heavy atom. The average Bonchev–Trinajstić information content (AvgIpc) is 2.78. The first-order valence-corrected chi connectivity index (χ1v) is 11.2. The Kier molecular flexibility index (Phi) is 14.8. The predicted molar refractivity (Wildman–Crippen MR) is 122 cm³/mol. The van der Waals surface area contributed by atoms with E-state index < -0.39 is 0 Å². The molecule has 158 valence electrons. The van der Waals surface area contributed by atoms with Crippen molar-refractivity contribution in [3.63, 3.8) is 0 Å². The summed E-state index contributed by atoms with van der Waals surface area (Å²) in [5.41, 5.74) is 0.996. The molecule has 3 rings (SSSR count). The van der Waals surface area contributed by atoms with Gasteiger partial charge in [0.05, 0.1) is 15.9 Å². The van der Waals surface area contributed by atoms with Crippen molar-refractivity contribution in [1.82, 2.24) is 0 Å². The Labute approximate surface area is 180 Å². The molecule has 0 saturated carbocycles. The molecule has 0 spiro atoms. The van der Waals surface area contributed by atoms with Gasteiger partial charge in [-0.3, -0.25) is 13.7 Å². The van der Waals surface area contributed by atoms with Crippen LogP contribution in [0.1, 0.15) is 19.4 Å². The molecule has 30 heavy (non-hydrogen) atoms. The molecule has 0 bridgehead atoms. The maximum Gasteiger partial charge on any atom is 0.196 e. The number of hydrogen-bond donors (Lipinski definition) is 3. The summed E-state index contributed by atoms with van der Waals surface area (Å²) >= 11 is 0. The summed E-state index contributed by atoms with van der Waals surface area (Å²) in [7, 11) is -0.408. The SMILES string of the molecule is CC.Cc1ccc(O)c(P=O)c1.O=Pc1ccccc1O.O=Pc1ccccc1O. The molecular weight excluding hydrogens is 441 g/mol. The minimum absolute atomic E-state index is 0.0779. The van der Waals surface area contributed by atoms with Crippen LogP contribution in [-0.4, -0.2) is 15.3 Å². The Morgan fingerprint density at radius 2 is 0.933 bits per heavy atom. The molecule has 0 atom stereocenters. The minimum Gasteiger partial charge on any atom is -0.507 e. The number of benzene rings is 3. The standard InChI is InChI=1S/C7H7O2P.2C6H5O2P.C2H6/c1-5-2-3-6(8)7(4-5)10-9;2*7-5-3-1-2-4-6(5)9-8;1-2/h2-4,8H,1H3;2*1-4,7H;1-2H3. The van der Waals surface area contributed by atoms with Gasteiger partial charge < -0.3 is 15.3 Å². The van der Waals surface area contributed by atoms with Gasteiger partial charge in [-0.15, -0.1) is 0 Å². The number of aromatic hydroxyl groups is 3. The van der Waals surface area contributed by atoms with Gasteiger partial charge in [0.1, 0.15) is 17.2 Å². The molecule has 0 saturated heterocycles. The number of phenols is 3. The molecule has 0 amide bonds. The normalized spacial score (nSPS) is 9.43. The monoisotopic (exact) mass is 464 g/mol. The lowest BCUT2D eigenvalue weighted by Crippen LogP contribution is -1.92. The van der Waals surface area contributed by atoms with Crippen molar-refractivity contribution in [1.29, 1.82) is 0 Å². The van der Waals surface area contributed by atoms with Crippen molar-refractivity contribution < 1.29 is 29.0 Å². The summed E-state index contributed by atoms with van der Waals surface area (Å²) in [5.74, 6) is 0.241. The van der Waals surface area contributed by atoms with Crippen LogP contribution in [0.15, 0.2) is 66.7 Å². The van der Waals surface area contributed by atoms with Crippen molar-refractivity contribution in [3.05, 3.63) is 72.3 Å². The second-order valence-corrected chi connectivity index (χ2v) is 7.24. The van der Waals surface area contributed by atoms with Crippen LogP contribution in [0.25, 0.3) is 0 Å². The number of phenolic OH excluding ortho intramolecular Hbond substituents is 3. The molecule has 0 aromatic heterocycles. The number of para-hydroxylation sites is 2. The first-order valence-electron chi connectivity index (χ1n) is 8.78. The average molecular weight is 464 g/mol. The highest BCUT2D eigenvalue weighted by Crippen LogP contribution is 2.12. The maximum absolute atomic E-state index is 10.3. The maximum atomic E-state index is 10.3. The number of hydrogen-bond acceptors (Lipinski definition) is 6. The van der Waals surface area contributed by atoms with Crippen LogP contribution in [0.3, 0.4) is 0 Å². The third-order valence-corrected chi connectivity index (χ3v) is 4.89. The van der Waals surface area contributed by atoms with E-state index in [2.05, 4.69) is 0 Å². The molecule has 0 radical (unpaired) electrons. The summed E-state index contributed by atoms with van der Waals surface area (Å²) in [5, 5.41) is 28.1. The highest BCUT2D eigenvalue weighted by Gasteiger charge is 1.98. The van der Waals surface area contributed by atoms with Crippen LogP contribution in [0.4, 0.5) is 0 Å². The fourth-order valence-electron chi connectivity index (χ4n) is 1.79. The Bertz CT molecular complexity index is 898. The lowest BCUT2D eigenvalue weighted by molar-refractivity contribution is 0.478. The summed E-state index contributed by atoms with van der Waals surface area (Å²) in [6, 6.07) is 18.0. The first-order chi connectivity index (χ1) is 14.4. The molecule has 6 nitrogen and oxygen atoms in total. The smallest absolute Gasteiger partial charge is 0.196 e. The molecule has 0 aliphatic heterocycles. The van der Waals surface area contributed by atoms with E-state index in [0.29, 0.717) is 15.9 Å². The molecule has 3 aromatic rings. The zero-order valence-electron chi connectivity index (χ0n) is 16.8. The van der Waals surface area contributed by atoms with Crippen LogP contribution >= 0.6 is 25.4 Å². The minimum atomic E-state index is -0.138. The van der Waals surface area contributed by atoms with E-state index in [0.717, 1.165) is 5.56 Å². The van der Waals surface area contributed by atoms with Crippen molar-refractivity contribution in [3.8, 4) is 17.2 Å². The summed E-state index contributed by atoms with van der Waals surface area (Å²) in [6.45, 7) is 5.88. The zero-order chi connectivity index (χ0) is 22.9. The molecule has 0 aliphatic rings. The van der Waals surface area contributed by atoms with Gasteiger partial charge in [-0.1, -0.05) is 44.2 Å². The van der Waals surface area contributed by atoms with E-state index in [9.17, 15) is 13.7 Å². The van der Waals surface area contributed by atoms with Gasteiger partial charge in [-0.25, -0.2) is 0 Å². The van der Waals surface area contributed by atoms with Crippen molar-refractivity contribution in [2.75, 3.05) is 0 Å². The highest BCUT2D eigenvalue weighted by atomic mass is 31.1. The van der Waals surface area contributed by atoms with E-state index in [1.54, 1.807) is 48.5 Å². The molecule has 9 heteroatoms. The quantitative estimate of drug-likeness (QED) is 0.456. The van der Waals surface area contributed by atoms with Gasteiger partial charge in [-0.2, -0.15) is 0 Å². The molecule has 0 fully saturated rings. The second kappa shape index (κ2) is 16.2. The zero-order valence-corrected chi connectivity index (χ0v) is 19.4. The highest BCUT2D eigenvalue weighted by molar-refractivity contribution is 7.34. The van der Waals surface area contributed by atoms with Crippen molar-refractivity contribution in [2.45, 2.75) is 20.8 Å². The number of rotatable bonds is 3. The van der Waals surface area contributed by atoms with Crippen LogP contribution in [-0.2, 0) is 13.7 Å². The Hall–Kier alpha value is -2.64. The Morgan fingerprint density at radius 3 is 1.23 bits per heavy atom. The summed E-state index contributed by atoms with van der Waals surface area (Å²) in [4.78, 5) is 0. The third-order valence-electron chi connectivity index (χ3n) is 3.19. The molecule has 0 aliphatic carbocycles. The van der Waals surface area contributed by atoms with Crippen LogP contribution in [0, 0.1) is 6.92 Å². The summed E-state index contributed by atoms with van der Waals surface area (Å²) in [6.07, 6.45) is 0. The molecule has 0 unspecified atom stereocenters. The summed E-state index contributed by atoms with van der Waals surface area (Å²) < 4.78 is 30.6. The van der Waals surface area contributed by atoms with E-state index >= 15 is 0 Å². The fraction of sp³-hybridized carbons (Fsp3) is 0.143. The van der Waals surface area contributed by atoms with Gasteiger partial charge in [-0.05, 0) is 48.9 Å². The lowest BCUT2D eigenvalue weighted by Gasteiger charge is -1.95. The van der Waals surface area contributed by atoms with Crippen LogP contribution < -0.4 is 15.9 Å². The lowest BCUT2D eigenvalue weighted by atomic mass is 10.2. The van der Waals surface area contributed by atoms with Gasteiger partial charge in [0.15, 0.2) is 25.4 Å². The molecule has 0 heterocycles.